The van der Waals surface area contributed by atoms with Gasteiger partial charge in [-0.25, -0.2) is 4.68 Å². The molecule has 156 valence electrons. The van der Waals surface area contributed by atoms with E-state index in [2.05, 4.69) is 10.4 Å². The molecule has 2 aromatic carbocycles. The number of aromatic nitrogens is 2. The standard InChI is InChI=1S/C24H27N3O3/c1-14(2)24(29)25-23-21(18-8-7-9-20(13-18)30-6)22(28)17(5)26-27(23)19-11-10-15(3)16(4)12-19/h7-14H,1-6H3,(H,25,29). The van der Waals surface area contributed by atoms with Gasteiger partial charge in [0.05, 0.1) is 18.4 Å². The molecule has 3 rings (SSSR count). The molecule has 0 atom stereocenters. The van der Waals surface area contributed by atoms with Crippen molar-refractivity contribution in [3.8, 4) is 22.6 Å². The number of benzene rings is 2. The van der Waals surface area contributed by atoms with Crippen LogP contribution in [0.4, 0.5) is 5.82 Å². The van der Waals surface area contributed by atoms with E-state index in [1.807, 2.05) is 50.2 Å². The third-order valence-electron chi connectivity index (χ3n) is 5.11. The van der Waals surface area contributed by atoms with Crippen molar-refractivity contribution in [1.29, 1.82) is 0 Å². The first-order chi connectivity index (χ1) is 14.2. The number of rotatable bonds is 5. The first-order valence-corrected chi connectivity index (χ1v) is 9.89. The van der Waals surface area contributed by atoms with Gasteiger partial charge in [-0.1, -0.05) is 32.0 Å². The minimum atomic E-state index is -0.257. The highest BCUT2D eigenvalue weighted by molar-refractivity contribution is 5.95. The summed E-state index contributed by atoms with van der Waals surface area (Å²) in [5.74, 6) is 0.524. The monoisotopic (exact) mass is 405 g/mol. The van der Waals surface area contributed by atoms with Crippen LogP contribution in [0.25, 0.3) is 16.8 Å². The first-order valence-electron chi connectivity index (χ1n) is 9.89. The van der Waals surface area contributed by atoms with Gasteiger partial charge in [0.25, 0.3) is 0 Å². The van der Waals surface area contributed by atoms with Crippen LogP contribution in [0.1, 0.15) is 30.7 Å². The average Bonchev–Trinajstić information content (AvgIpc) is 2.72. The van der Waals surface area contributed by atoms with Crippen molar-refractivity contribution in [1.82, 2.24) is 9.78 Å². The number of hydrogen-bond acceptors (Lipinski definition) is 4. The van der Waals surface area contributed by atoms with Crippen LogP contribution in [0.3, 0.4) is 0 Å². The van der Waals surface area contributed by atoms with Crippen molar-refractivity contribution in [3.05, 3.63) is 69.5 Å². The number of carbonyl (C=O) groups excluding carboxylic acids is 1. The van der Waals surface area contributed by atoms with Gasteiger partial charge < -0.3 is 10.1 Å². The highest BCUT2D eigenvalue weighted by Crippen LogP contribution is 2.30. The molecule has 6 nitrogen and oxygen atoms in total. The molecule has 30 heavy (non-hydrogen) atoms. The number of carbonyl (C=O) groups is 1. The van der Waals surface area contributed by atoms with Crippen molar-refractivity contribution >= 4 is 11.7 Å². The summed E-state index contributed by atoms with van der Waals surface area (Å²) in [4.78, 5) is 25.8. The number of nitrogens with zero attached hydrogens (tertiary/aromatic N) is 2. The van der Waals surface area contributed by atoms with Gasteiger partial charge in [-0.3, -0.25) is 9.59 Å². The Balaban J connectivity index is 2.36. The summed E-state index contributed by atoms with van der Waals surface area (Å²) in [6.07, 6.45) is 0. The molecule has 0 saturated carbocycles. The molecule has 0 spiro atoms. The van der Waals surface area contributed by atoms with E-state index in [0.29, 0.717) is 28.4 Å². The Kier molecular flexibility index (Phi) is 6.06. The molecule has 1 heterocycles. The molecule has 0 radical (unpaired) electrons. The van der Waals surface area contributed by atoms with Gasteiger partial charge in [0.15, 0.2) is 0 Å². The van der Waals surface area contributed by atoms with Gasteiger partial charge in [-0.2, -0.15) is 5.10 Å². The summed E-state index contributed by atoms with van der Waals surface area (Å²) in [5.41, 5.74) is 4.16. The Labute approximate surface area is 176 Å². The van der Waals surface area contributed by atoms with Gasteiger partial charge >= 0.3 is 0 Å². The van der Waals surface area contributed by atoms with Crippen LogP contribution in [-0.2, 0) is 4.79 Å². The third-order valence-corrected chi connectivity index (χ3v) is 5.11. The van der Waals surface area contributed by atoms with Crippen molar-refractivity contribution in [2.24, 2.45) is 5.92 Å². The molecule has 0 fully saturated rings. The van der Waals surface area contributed by atoms with Crippen LogP contribution < -0.4 is 15.5 Å². The topological polar surface area (TPSA) is 73.2 Å². The number of anilines is 1. The lowest BCUT2D eigenvalue weighted by atomic mass is 10.0. The Morgan fingerprint density at radius 2 is 1.80 bits per heavy atom. The van der Waals surface area contributed by atoms with Crippen LogP contribution in [0.2, 0.25) is 0 Å². The summed E-state index contributed by atoms with van der Waals surface area (Å²) in [6, 6.07) is 13.2. The SMILES string of the molecule is COc1cccc(-c2c(NC(=O)C(C)C)n(-c3ccc(C)c(C)c3)nc(C)c2=O)c1. The second kappa shape index (κ2) is 8.53. The molecule has 6 heteroatoms. The third kappa shape index (κ3) is 4.13. The predicted octanol–water partition coefficient (Wildman–Crippen LogP) is 4.43. The van der Waals surface area contributed by atoms with Crippen LogP contribution in [0.5, 0.6) is 5.75 Å². The number of amides is 1. The molecular formula is C24H27N3O3. The van der Waals surface area contributed by atoms with Gasteiger partial charge in [0.2, 0.25) is 11.3 Å². The number of aryl methyl sites for hydroxylation is 3. The van der Waals surface area contributed by atoms with Gasteiger partial charge in [0.1, 0.15) is 17.3 Å². The average molecular weight is 405 g/mol. The molecule has 0 aliphatic heterocycles. The zero-order valence-corrected chi connectivity index (χ0v) is 18.2. The summed E-state index contributed by atoms with van der Waals surface area (Å²) in [5, 5.41) is 7.45. The van der Waals surface area contributed by atoms with E-state index in [1.54, 1.807) is 38.6 Å². The largest absolute Gasteiger partial charge is 0.497 e. The minimum Gasteiger partial charge on any atom is -0.497 e. The highest BCUT2D eigenvalue weighted by Gasteiger charge is 2.21. The molecule has 1 aromatic heterocycles. The lowest BCUT2D eigenvalue weighted by molar-refractivity contribution is -0.118. The van der Waals surface area contributed by atoms with E-state index in [9.17, 15) is 9.59 Å². The molecule has 0 unspecified atom stereocenters. The van der Waals surface area contributed by atoms with Crippen LogP contribution in [-0.4, -0.2) is 22.8 Å². The van der Waals surface area contributed by atoms with Crippen LogP contribution in [0, 0.1) is 26.7 Å². The molecule has 3 aromatic rings. The molecular weight excluding hydrogens is 378 g/mol. The van der Waals surface area contributed by atoms with Gasteiger partial charge in [-0.05, 0) is 61.7 Å². The zero-order chi connectivity index (χ0) is 22.0. The Morgan fingerprint density at radius 3 is 2.43 bits per heavy atom. The van der Waals surface area contributed by atoms with E-state index < -0.39 is 0 Å². The Morgan fingerprint density at radius 1 is 1.07 bits per heavy atom. The molecule has 1 N–H and O–H groups in total. The molecule has 0 aliphatic rings. The summed E-state index contributed by atoms with van der Waals surface area (Å²) in [6.45, 7) is 9.34. The quantitative estimate of drug-likeness (QED) is 0.682. The fraction of sp³-hybridized carbons (Fsp3) is 0.292. The maximum Gasteiger partial charge on any atom is 0.228 e. The summed E-state index contributed by atoms with van der Waals surface area (Å²) >= 11 is 0. The maximum atomic E-state index is 13.2. The molecule has 0 bridgehead atoms. The van der Waals surface area contributed by atoms with E-state index in [4.69, 9.17) is 4.74 Å². The highest BCUT2D eigenvalue weighted by atomic mass is 16.5. The van der Waals surface area contributed by atoms with Gasteiger partial charge in [0, 0.05) is 5.92 Å². The van der Waals surface area contributed by atoms with Crippen LogP contribution >= 0.6 is 0 Å². The second-order valence-electron chi connectivity index (χ2n) is 7.69. The number of hydrogen-bond donors (Lipinski definition) is 1. The first kappa shape index (κ1) is 21.3. The second-order valence-corrected chi connectivity index (χ2v) is 7.69. The smallest absolute Gasteiger partial charge is 0.228 e. The lowest BCUT2D eigenvalue weighted by Gasteiger charge is -2.20. The summed E-state index contributed by atoms with van der Waals surface area (Å²) in [7, 11) is 1.58. The van der Waals surface area contributed by atoms with E-state index in [0.717, 1.165) is 16.8 Å². The van der Waals surface area contributed by atoms with Crippen molar-refractivity contribution < 1.29 is 9.53 Å². The molecule has 1 amide bonds. The van der Waals surface area contributed by atoms with E-state index in [-0.39, 0.29) is 17.3 Å². The fourth-order valence-electron chi connectivity index (χ4n) is 3.11. The number of methoxy groups -OCH3 is 1. The van der Waals surface area contributed by atoms with Crippen molar-refractivity contribution in [3.63, 3.8) is 0 Å². The normalized spacial score (nSPS) is 10.9. The zero-order valence-electron chi connectivity index (χ0n) is 18.2. The van der Waals surface area contributed by atoms with E-state index >= 15 is 0 Å². The van der Waals surface area contributed by atoms with Crippen LogP contribution in [0.15, 0.2) is 47.3 Å². The number of nitrogens with one attached hydrogen (secondary N) is 1. The lowest BCUT2D eigenvalue weighted by Crippen LogP contribution is -2.27. The maximum absolute atomic E-state index is 13.2. The number of ether oxygens (including phenoxy) is 1. The molecule has 0 saturated heterocycles. The van der Waals surface area contributed by atoms with E-state index in [1.165, 1.54) is 0 Å². The van der Waals surface area contributed by atoms with Crippen molar-refractivity contribution in [2.45, 2.75) is 34.6 Å². The van der Waals surface area contributed by atoms with Crippen molar-refractivity contribution in [2.75, 3.05) is 12.4 Å². The van der Waals surface area contributed by atoms with Gasteiger partial charge in [-0.15, -0.1) is 0 Å². The summed E-state index contributed by atoms with van der Waals surface area (Å²) < 4.78 is 6.97. The minimum absolute atomic E-state index is 0.193. The fourth-order valence-corrected chi connectivity index (χ4v) is 3.11. The Hall–Kier alpha value is -3.41. The molecule has 0 aliphatic carbocycles. The Bertz CT molecular complexity index is 1160. The predicted molar refractivity (Wildman–Crippen MR) is 120 cm³/mol.